The Bertz CT molecular complexity index is 510. The van der Waals surface area contributed by atoms with E-state index in [-0.39, 0.29) is 11.4 Å². The van der Waals surface area contributed by atoms with Crippen LogP contribution in [0.4, 0.5) is 11.4 Å². The van der Waals surface area contributed by atoms with E-state index in [1.807, 2.05) is 0 Å². The molecule has 1 aromatic carbocycles. The van der Waals surface area contributed by atoms with E-state index in [4.69, 9.17) is 5.53 Å². The van der Waals surface area contributed by atoms with Crippen LogP contribution < -0.4 is 0 Å². The van der Waals surface area contributed by atoms with Crippen molar-refractivity contribution in [3.05, 3.63) is 44.3 Å². The highest BCUT2D eigenvalue weighted by molar-refractivity contribution is 5.52. The summed E-state index contributed by atoms with van der Waals surface area (Å²) in [5, 5.41) is 14.3. The molecule has 19 heavy (non-hydrogen) atoms. The number of benzene rings is 1. The molecule has 0 atom stereocenters. The summed E-state index contributed by atoms with van der Waals surface area (Å²) in [4.78, 5) is 23.2. The minimum Gasteiger partial charge on any atom is -0.303 e. The minimum atomic E-state index is -0.475. The van der Waals surface area contributed by atoms with Gasteiger partial charge in [0.05, 0.1) is 4.92 Å². The van der Waals surface area contributed by atoms with Crippen LogP contribution in [0.15, 0.2) is 23.3 Å². The highest BCUT2D eigenvalue weighted by Crippen LogP contribution is 2.26. The molecule has 0 aliphatic rings. The lowest BCUT2D eigenvalue weighted by molar-refractivity contribution is -0.385. The molecule has 100 valence electrons. The van der Waals surface area contributed by atoms with E-state index in [9.17, 15) is 14.9 Å². The van der Waals surface area contributed by atoms with Crippen LogP contribution >= 0.6 is 0 Å². The fourth-order valence-electron chi connectivity index (χ4n) is 1.77. The molecular formula is C12H14N4O3. The third kappa shape index (κ3) is 4.77. The second-order valence-corrected chi connectivity index (χ2v) is 4.03. The Morgan fingerprint density at radius 1 is 1.37 bits per heavy atom. The monoisotopic (exact) mass is 262 g/mol. The number of nitro groups is 1. The molecule has 0 bridgehead atoms. The van der Waals surface area contributed by atoms with Gasteiger partial charge in [-0.1, -0.05) is 23.7 Å². The van der Waals surface area contributed by atoms with E-state index in [1.54, 1.807) is 12.1 Å². The molecule has 0 amide bonds. The molecule has 0 saturated heterocycles. The van der Waals surface area contributed by atoms with Gasteiger partial charge in [-0.15, -0.1) is 0 Å². The van der Waals surface area contributed by atoms with Gasteiger partial charge >= 0.3 is 0 Å². The van der Waals surface area contributed by atoms with Gasteiger partial charge < -0.3 is 4.79 Å². The average molecular weight is 262 g/mol. The van der Waals surface area contributed by atoms with E-state index in [0.717, 1.165) is 25.5 Å². The average Bonchev–Trinajstić information content (AvgIpc) is 2.40. The predicted octanol–water partition coefficient (Wildman–Crippen LogP) is 3.84. The fourth-order valence-corrected chi connectivity index (χ4v) is 1.77. The first kappa shape index (κ1) is 14.7. The number of aldehydes is 1. The number of carbonyl (C=O) groups is 1. The normalized spacial score (nSPS) is 9.68. The molecule has 1 rings (SSSR count). The second-order valence-electron chi connectivity index (χ2n) is 4.03. The molecule has 0 unspecified atom stereocenters. The molecule has 0 aromatic heterocycles. The molecule has 0 aliphatic carbocycles. The van der Waals surface area contributed by atoms with Gasteiger partial charge in [-0.05, 0) is 24.8 Å². The highest BCUT2D eigenvalue weighted by atomic mass is 16.6. The number of aryl methyl sites for hydroxylation is 1. The van der Waals surface area contributed by atoms with E-state index < -0.39 is 4.92 Å². The van der Waals surface area contributed by atoms with Crippen molar-refractivity contribution in [3.8, 4) is 0 Å². The van der Waals surface area contributed by atoms with Crippen molar-refractivity contribution in [2.45, 2.75) is 32.1 Å². The Labute approximate surface area is 110 Å². The Hall–Kier alpha value is -2.40. The zero-order valence-corrected chi connectivity index (χ0v) is 10.4. The molecule has 1 aromatic rings. The lowest BCUT2D eigenvalue weighted by atomic mass is 10.0. The summed E-state index contributed by atoms with van der Waals surface area (Å²) in [7, 11) is 0. The number of carbonyl (C=O) groups excluding carboxylic acids is 1. The standard InChI is InChI=1S/C12H14N4O3/c13-15-14-11-7-6-10(12(9-11)16(18)19)5-3-1-2-4-8-17/h6-9H,1-5H2. The number of hydrogen-bond acceptors (Lipinski definition) is 4. The molecule has 0 heterocycles. The van der Waals surface area contributed by atoms with Gasteiger partial charge in [0.1, 0.15) is 6.29 Å². The molecule has 0 saturated carbocycles. The van der Waals surface area contributed by atoms with Gasteiger partial charge in [-0.25, -0.2) is 0 Å². The highest BCUT2D eigenvalue weighted by Gasteiger charge is 2.13. The summed E-state index contributed by atoms with van der Waals surface area (Å²) >= 11 is 0. The van der Waals surface area contributed by atoms with Crippen LogP contribution in [-0.2, 0) is 11.2 Å². The quantitative estimate of drug-likeness (QED) is 0.135. The van der Waals surface area contributed by atoms with Crippen LogP contribution in [0.2, 0.25) is 0 Å². The predicted molar refractivity (Wildman–Crippen MR) is 70.1 cm³/mol. The maximum Gasteiger partial charge on any atom is 0.273 e. The maximum absolute atomic E-state index is 10.9. The second kappa shape index (κ2) is 7.84. The molecule has 0 N–H and O–H groups in total. The van der Waals surface area contributed by atoms with Crippen LogP contribution in [-0.4, -0.2) is 11.2 Å². The first-order valence-corrected chi connectivity index (χ1v) is 5.95. The molecule has 7 nitrogen and oxygen atoms in total. The molecule has 7 heteroatoms. The lowest BCUT2D eigenvalue weighted by Gasteiger charge is -2.03. The van der Waals surface area contributed by atoms with Crippen molar-refractivity contribution < 1.29 is 9.72 Å². The molecule has 0 aliphatic heterocycles. The van der Waals surface area contributed by atoms with E-state index >= 15 is 0 Å². The Morgan fingerprint density at radius 3 is 2.79 bits per heavy atom. The van der Waals surface area contributed by atoms with Gasteiger partial charge in [0.25, 0.3) is 5.69 Å². The summed E-state index contributed by atoms with van der Waals surface area (Å²) in [5.41, 5.74) is 9.13. The van der Waals surface area contributed by atoms with Crippen molar-refractivity contribution in [3.63, 3.8) is 0 Å². The van der Waals surface area contributed by atoms with Crippen molar-refractivity contribution in [2.75, 3.05) is 0 Å². The first-order valence-electron chi connectivity index (χ1n) is 5.95. The van der Waals surface area contributed by atoms with Crippen LogP contribution in [0, 0.1) is 10.1 Å². The Kier molecular flexibility index (Phi) is 6.05. The van der Waals surface area contributed by atoms with Gasteiger partial charge in [0, 0.05) is 28.6 Å². The van der Waals surface area contributed by atoms with Crippen LogP contribution in [0.3, 0.4) is 0 Å². The summed E-state index contributed by atoms with van der Waals surface area (Å²) in [5.74, 6) is 0. The minimum absolute atomic E-state index is 0.0275. The lowest BCUT2D eigenvalue weighted by Crippen LogP contribution is -1.95. The zero-order chi connectivity index (χ0) is 14.1. The Balaban J connectivity index is 2.73. The van der Waals surface area contributed by atoms with Gasteiger partial charge in [0.15, 0.2) is 0 Å². The van der Waals surface area contributed by atoms with E-state index in [1.165, 1.54) is 6.07 Å². The van der Waals surface area contributed by atoms with Crippen molar-refractivity contribution in [1.82, 2.24) is 0 Å². The summed E-state index contributed by atoms with van der Waals surface area (Å²) in [6.45, 7) is 0. The maximum atomic E-state index is 10.9. The molecular weight excluding hydrogens is 248 g/mol. The van der Waals surface area contributed by atoms with Crippen LogP contribution in [0.25, 0.3) is 10.4 Å². The van der Waals surface area contributed by atoms with E-state index in [0.29, 0.717) is 18.4 Å². The largest absolute Gasteiger partial charge is 0.303 e. The number of rotatable bonds is 8. The third-order valence-corrected chi connectivity index (χ3v) is 2.69. The van der Waals surface area contributed by atoms with Gasteiger partial charge in [0.2, 0.25) is 0 Å². The molecule has 0 spiro atoms. The number of hydrogen-bond donors (Lipinski definition) is 0. The van der Waals surface area contributed by atoms with Gasteiger partial charge in [-0.3, -0.25) is 10.1 Å². The van der Waals surface area contributed by atoms with Crippen molar-refractivity contribution in [2.24, 2.45) is 5.11 Å². The fraction of sp³-hybridized carbons (Fsp3) is 0.417. The van der Waals surface area contributed by atoms with Crippen LogP contribution in [0.5, 0.6) is 0 Å². The smallest absolute Gasteiger partial charge is 0.273 e. The summed E-state index contributed by atoms with van der Waals surface area (Å²) < 4.78 is 0. The number of nitro benzene ring substituents is 1. The van der Waals surface area contributed by atoms with E-state index in [2.05, 4.69) is 10.0 Å². The van der Waals surface area contributed by atoms with Crippen molar-refractivity contribution in [1.29, 1.82) is 0 Å². The topological polar surface area (TPSA) is 109 Å². The number of nitrogens with zero attached hydrogens (tertiary/aromatic N) is 4. The van der Waals surface area contributed by atoms with Crippen molar-refractivity contribution >= 4 is 17.7 Å². The number of unbranched alkanes of at least 4 members (excludes halogenated alkanes) is 3. The van der Waals surface area contributed by atoms with Gasteiger partial charge in [-0.2, -0.15) is 0 Å². The third-order valence-electron chi connectivity index (χ3n) is 2.69. The summed E-state index contributed by atoms with van der Waals surface area (Å²) in [6.07, 6.45) is 4.42. The molecule has 0 radical (unpaired) electrons. The zero-order valence-electron chi connectivity index (χ0n) is 10.4. The summed E-state index contributed by atoms with van der Waals surface area (Å²) in [6, 6.07) is 4.45. The van der Waals surface area contributed by atoms with Crippen LogP contribution in [0.1, 0.15) is 31.2 Å². The SMILES string of the molecule is [N-]=[N+]=Nc1ccc(CCCCCC=O)c([N+](=O)[O-])c1. The number of azide groups is 1. The Morgan fingerprint density at radius 2 is 2.16 bits per heavy atom. The first-order chi connectivity index (χ1) is 9.19. The molecule has 0 fully saturated rings.